The van der Waals surface area contributed by atoms with Gasteiger partial charge in [0.05, 0.1) is 23.3 Å². The Labute approximate surface area is 193 Å². The fourth-order valence-electron chi connectivity index (χ4n) is 5.14. The number of aromatic nitrogens is 3. The van der Waals surface area contributed by atoms with Crippen molar-refractivity contribution in [2.75, 3.05) is 0 Å². The van der Waals surface area contributed by atoms with Crippen LogP contribution in [0.25, 0.3) is 27.5 Å². The molecule has 0 bridgehead atoms. The zero-order valence-electron chi connectivity index (χ0n) is 18.6. The Bertz CT molecular complexity index is 1510. The number of fused-ring (bicyclic) bond motifs is 2. The number of nitrogens with one attached hydrogen (secondary N) is 1. The number of hydrogen-bond acceptors (Lipinski definition) is 4. The monoisotopic (exact) mass is 464 g/mol. The van der Waals surface area contributed by atoms with E-state index in [0.29, 0.717) is 16.9 Å². The van der Waals surface area contributed by atoms with E-state index in [4.69, 9.17) is 0 Å². The quantitative estimate of drug-likeness (QED) is 0.397. The molecule has 3 N–H and O–H groups in total. The van der Waals surface area contributed by atoms with Crippen LogP contribution in [0.1, 0.15) is 50.3 Å². The van der Waals surface area contributed by atoms with Gasteiger partial charge in [0.2, 0.25) is 0 Å². The molecule has 2 aromatic heterocycles. The van der Waals surface area contributed by atoms with Crippen LogP contribution in [0.4, 0.5) is 8.78 Å². The van der Waals surface area contributed by atoms with Gasteiger partial charge in [0.15, 0.2) is 17.2 Å². The van der Waals surface area contributed by atoms with Gasteiger partial charge in [-0.3, -0.25) is 5.10 Å². The second-order valence-corrected chi connectivity index (χ2v) is 9.68. The maximum Gasteiger partial charge on any atom is 0.335 e. The second kappa shape index (κ2) is 7.37. The van der Waals surface area contributed by atoms with E-state index in [-0.39, 0.29) is 25.2 Å². The zero-order chi connectivity index (χ0) is 24.4. The number of carbonyl (C=O) groups is 1. The molecular formula is C25H22F2N4O3. The van der Waals surface area contributed by atoms with Crippen LogP contribution in [-0.4, -0.2) is 36.5 Å². The van der Waals surface area contributed by atoms with E-state index in [9.17, 15) is 29.1 Å². The number of benzene rings is 2. The highest BCUT2D eigenvalue weighted by atomic mass is 19.2. The number of carboxylic acids is 1. The average molecular weight is 464 g/mol. The number of aromatic amines is 1. The third kappa shape index (κ3) is 3.17. The number of hydrogen-bond donors (Lipinski definition) is 3. The summed E-state index contributed by atoms with van der Waals surface area (Å²) in [5, 5.41) is 38.1. The van der Waals surface area contributed by atoms with Crippen LogP contribution < -0.4 is 0 Å². The molecule has 1 saturated carbocycles. The number of H-pyrrole nitrogens is 1. The van der Waals surface area contributed by atoms with E-state index < -0.39 is 28.6 Å². The van der Waals surface area contributed by atoms with Crippen LogP contribution in [-0.2, 0) is 10.2 Å². The Morgan fingerprint density at radius 1 is 1.29 bits per heavy atom. The molecule has 0 atom stereocenters. The van der Waals surface area contributed by atoms with Crippen molar-refractivity contribution in [3.8, 4) is 11.8 Å². The van der Waals surface area contributed by atoms with Gasteiger partial charge in [0, 0.05) is 40.1 Å². The normalized spacial score (nSPS) is 20.4. The van der Waals surface area contributed by atoms with Gasteiger partial charge in [-0.2, -0.15) is 10.4 Å². The smallest absolute Gasteiger partial charge is 0.335 e. The summed E-state index contributed by atoms with van der Waals surface area (Å²) in [5.41, 5.74) is 0.782. The van der Waals surface area contributed by atoms with E-state index >= 15 is 0 Å². The lowest BCUT2D eigenvalue weighted by atomic mass is 9.65. The van der Waals surface area contributed by atoms with Crippen molar-refractivity contribution in [2.24, 2.45) is 0 Å². The summed E-state index contributed by atoms with van der Waals surface area (Å²) >= 11 is 0. The fourth-order valence-corrected chi connectivity index (χ4v) is 5.14. The Kier molecular flexibility index (Phi) is 4.78. The first-order chi connectivity index (χ1) is 16.1. The lowest BCUT2D eigenvalue weighted by molar-refractivity contribution is -0.169. The molecule has 4 aromatic rings. The van der Waals surface area contributed by atoms with E-state index in [2.05, 4.69) is 16.3 Å². The van der Waals surface area contributed by atoms with Crippen LogP contribution in [0.5, 0.6) is 0 Å². The second-order valence-electron chi connectivity index (χ2n) is 9.68. The maximum absolute atomic E-state index is 14.3. The molecule has 0 unspecified atom stereocenters. The molecule has 0 radical (unpaired) electrons. The Morgan fingerprint density at radius 2 is 2.03 bits per heavy atom. The van der Waals surface area contributed by atoms with E-state index in [1.54, 1.807) is 6.20 Å². The van der Waals surface area contributed by atoms with Crippen LogP contribution in [0, 0.1) is 23.0 Å². The van der Waals surface area contributed by atoms with E-state index in [1.807, 2.05) is 30.5 Å². The molecule has 1 fully saturated rings. The number of rotatable bonds is 5. The fraction of sp³-hybridized carbons (Fsp3) is 0.320. The molecule has 9 heteroatoms. The van der Waals surface area contributed by atoms with Gasteiger partial charge >= 0.3 is 5.97 Å². The van der Waals surface area contributed by atoms with Crippen molar-refractivity contribution < 1.29 is 23.8 Å². The van der Waals surface area contributed by atoms with Gasteiger partial charge in [-0.25, -0.2) is 13.6 Å². The molecule has 34 heavy (non-hydrogen) atoms. The van der Waals surface area contributed by atoms with Crippen molar-refractivity contribution in [2.45, 2.75) is 50.0 Å². The maximum atomic E-state index is 14.3. The van der Waals surface area contributed by atoms with E-state index in [1.165, 1.54) is 6.07 Å². The number of aliphatic hydroxyl groups is 1. The Morgan fingerprint density at radius 3 is 2.68 bits per heavy atom. The molecule has 174 valence electrons. The van der Waals surface area contributed by atoms with Crippen molar-refractivity contribution in [3.05, 3.63) is 59.4 Å². The third-order valence-corrected chi connectivity index (χ3v) is 6.86. The summed E-state index contributed by atoms with van der Waals surface area (Å²) in [6, 6.07) is 9.62. The first-order valence-electron chi connectivity index (χ1n) is 10.9. The van der Waals surface area contributed by atoms with E-state index in [0.717, 1.165) is 34.0 Å². The minimum atomic E-state index is -1.82. The average Bonchev–Trinajstić information content (AvgIpc) is 3.33. The molecule has 0 amide bonds. The molecule has 1 aliphatic rings. The zero-order valence-corrected chi connectivity index (χ0v) is 18.6. The lowest BCUT2D eigenvalue weighted by Crippen LogP contribution is -2.49. The number of nitrogens with zero attached hydrogens (tertiary/aromatic N) is 3. The van der Waals surface area contributed by atoms with Crippen LogP contribution in [0.2, 0.25) is 0 Å². The van der Waals surface area contributed by atoms with Crippen molar-refractivity contribution in [1.29, 1.82) is 5.26 Å². The van der Waals surface area contributed by atoms with Gasteiger partial charge in [-0.15, -0.1) is 0 Å². The SMILES string of the molecule is CC(C)(CC#N)c1c([C@H]2C[C@](O)(C(=O)O)C2)c2cc3[nH]ncc3cc2n1-c1ccc(F)c(F)c1. The summed E-state index contributed by atoms with van der Waals surface area (Å²) in [6.07, 6.45) is 1.81. The molecular weight excluding hydrogens is 442 g/mol. The summed E-state index contributed by atoms with van der Waals surface area (Å²) in [7, 11) is 0. The largest absolute Gasteiger partial charge is 0.479 e. The van der Waals surface area contributed by atoms with Crippen LogP contribution in [0.15, 0.2) is 36.5 Å². The summed E-state index contributed by atoms with van der Waals surface area (Å²) < 4.78 is 29.9. The standard InChI is InChI=1S/C25H22F2N4O3/c1-24(2,5-6-28)22-21(14-10-25(34,11-14)23(32)33)16-9-19-13(12-29-30-19)7-20(16)31(22)15-3-4-17(26)18(27)8-15/h3-4,7-9,12,14,34H,5,10-11H2,1-2H3,(H,29,30)(H,32,33)/t14-,25+. The topological polar surface area (TPSA) is 115 Å². The molecule has 1 aliphatic carbocycles. The summed E-state index contributed by atoms with van der Waals surface area (Å²) in [5.74, 6) is -3.55. The summed E-state index contributed by atoms with van der Waals surface area (Å²) in [4.78, 5) is 11.6. The minimum Gasteiger partial charge on any atom is -0.479 e. The van der Waals surface area contributed by atoms with Crippen LogP contribution in [0.3, 0.4) is 0 Å². The van der Waals surface area contributed by atoms with Gasteiger partial charge in [0.25, 0.3) is 0 Å². The van der Waals surface area contributed by atoms with Crippen molar-refractivity contribution in [3.63, 3.8) is 0 Å². The minimum absolute atomic E-state index is 0.00979. The van der Waals surface area contributed by atoms with Gasteiger partial charge in [-0.05, 0) is 48.6 Å². The van der Waals surface area contributed by atoms with Crippen molar-refractivity contribution >= 4 is 27.8 Å². The number of aliphatic carboxylic acids is 1. The highest BCUT2D eigenvalue weighted by Crippen LogP contribution is 2.52. The first kappa shape index (κ1) is 22.0. The van der Waals surface area contributed by atoms with Crippen molar-refractivity contribution in [1.82, 2.24) is 14.8 Å². The Hall–Kier alpha value is -3.77. The van der Waals surface area contributed by atoms with Crippen LogP contribution >= 0.6 is 0 Å². The molecule has 7 nitrogen and oxygen atoms in total. The predicted octanol–water partition coefficient (Wildman–Crippen LogP) is 4.67. The lowest BCUT2D eigenvalue weighted by Gasteiger charge is -2.42. The van der Waals surface area contributed by atoms with Gasteiger partial charge < -0.3 is 14.8 Å². The molecule has 2 aromatic carbocycles. The van der Waals surface area contributed by atoms with Gasteiger partial charge in [-0.1, -0.05) is 13.8 Å². The number of carboxylic acid groups (broad SMARTS) is 1. The molecule has 0 saturated heterocycles. The molecule has 5 rings (SSSR count). The first-order valence-corrected chi connectivity index (χ1v) is 10.9. The number of nitriles is 1. The third-order valence-electron chi connectivity index (χ3n) is 6.86. The Balaban J connectivity index is 1.87. The predicted molar refractivity (Wildman–Crippen MR) is 121 cm³/mol. The highest BCUT2D eigenvalue weighted by Gasteiger charge is 2.51. The summed E-state index contributed by atoms with van der Waals surface area (Å²) in [6.45, 7) is 3.78. The van der Waals surface area contributed by atoms with Gasteiger partial charge in [0.1, 0.15) is 0 Å². The number of halogens is 2. The molecule has 2 heterocycles. The highest BCUT2D eigenvalue weighted by molar-refractivity contribution is 5.99. The molecule has 0 aliphatic heterocycles. The molecule has 0 spiro atoms.